The van der Waals surface area contributed by atoms with Crippen LogP contribution < -0.4 is 0 Å². The Labute approximate surface area is 153 Å². The second kappa shape index (κ2) is 7.79. The van der Waals surface area contributed by atoms with Crippen LogP contribution in [0.1, 0.15) is 46.0 Å². The van der Waals surface area contributed by atoms with Crippen LogP contribution in [0.15, 0.2) is 10.6 Å². The van der Waals surface area contributed by atoms with Crippen LogP contribution in [0.3, 0.4) is 0 Å². The molecule has 132 valence electrons. The van der Waals surface area contributed by atoms with Crippen molar-refractivity contribution in [2.75, 3.05) is 27.7 Å². The zero-order chi connectivity index (χ0) is 17.2. The number of ether oxygens (including phenoxy) is 1. The first kappa shape index (κ1) is 19.1. The number of methoxy groups -OCH3 is 1. The minimum Gasteiger partial charge on any atom is -0.467 e. The first-order valence-electron chi connectivity index (χ1n) is 8.41. The quantitative estimate of drug-likeness (QED) is 0.513. The van der Waals surface area contributed by atoms with Gasteiger partial charge in [-0.3, -0.25) is 0 Å². The summed E-state index contributed by atoms with van der Waals surface area (Å²) in [5.74, 6) is -0.191. The van der Waals surface area contributed by atoms with Crippen molar-refractivity contribution < 1.29 is 9.53 Å². The van der Waals surface area contributed by atoms with Crippen LogP contribution >= 0.6 is 27.7 Å². The molecule has 0 aromatic rings. The summed E-state index contributed by atoms with van der Waals surface area (Å²) in [7, 11) is 5.81. The summed E-state index contributed by atoms with van der Waals surface area (Å²) in [5, 5.41) is 1.27. The molecule has 0 spiro atoms. The van der Waals surface area contributed by atoms with Gasteiger partial charge < -0.3 is 14.5 Å². The van der Waals surface area contributed by atoms with Crippen molar-refractivity contribution in [3.05, 3.63) is 10.6 Å². The van der Waals surface area contributed by atoms with E-state index in [0.717, 1.165) is 6.54 Å². The Bertz CT molecular complexity index is 475. The lowest BCUT2D eigenvalue weighted by Crippen LogP contribution is -2.41. The van der Waals surface area contributed by atoms with E-state index in [1.807, 2.05) is 0 Å². The molecule has 0 aromatic heterocycles. The summed E-state index contributed by atoms with van der Waals surface area (Å²) >= 11 is 5.24. The van der Waals surface area contributed by atoms with Gasteiger partial charge in [0.2, 0.25) is 0 Å². The van der Waals surface area contributed by atoms with Gasteiger partial charge in [0.1, 0.15) is 0 Å². The summed E-state index contributed by atoms with van der Waals surface area (Å²) in [6, 6.07) is 1.29. The van der Waals surface area contributed by atoms with Crippen LogP contribution in [0.5, 0.6) is 0 Å². The Balaban J connectivity index is 2.07. The van der Waals surface area contributed by atoms with Crippen molar-refractivity contribution in [3.8, 4) is 0 Å². The van der Waals surface area contributed by atoms with E-state index >= 15 is 0 Å². The van der Waals surface area contributed by atoms with E-state index in [1.54, 1.807) is 11.8 Å². The molecular formula is C17H29BrN2O2S. The van der Waals surface area contributed by atoms with Gasteiger partial charge in [-0.2, -0.15) is 0 Å². The fourth-order valence-electron chi connectivity index (χ4n) is 3.72. The fraction of sp³-hybridized carbons (Fsp3) is 0.824. The number of alkyl halides is 1. The van der Waals surface area contributed by atoms with Gasteiger partial charge in [0.15, 0.2) is 3.66 Å². The van der Waals surface area contributed by atoms with Crippen molar-refractivity contribution in [3.63, 3.8) is 0 Å². The standard InChI is InChI=1S/C17H29BrN2O2S/c1-6-20(14-9-7-13(8-10-14)19(3)4)15-12(2)11-17(18,23-15)16(21)22-5/h13-14H,6-11H2,1-5H3. The SMILES string of the molecule is CCN(C1=C(C)CC(Br)(C(=O)OC)S1)C1CCC(N(C)C)CC1. The Morgan fingerprint density at radius 2 is 1.87 bits per heavy atom. The first-order valence-corrected chi connectivity index (χ1v) is 10.0. The van der Waals surface area contributed by atoms with Crippen molar-refractivity contribution in [1.29, 1.82) is 0 Å². The second-order valence-electron chi connectivity index (χ2n) is 6.80. The van der Waals surface area contributed by atoms with Gasteiger partial charge in [-0.1, -0.05) is 27.7 Å². The van der Waals surface area contributed by atoms with Crippen molar-refractivity contribution in [2.24, 2.45) is 0 Å². The smallest absolute Gasteiger partial charge is 0.333 e. The van der Waals surface area contributed by atoms with Gasteiger partial charge in [-0.15, -0.1) is 0 Å². The Hall–Kier alpha value is -0.200. The lowest BCUT2D eigenvalue weighted by molar-refractivity contribution is -0.140. The molecule has 0 bridgehead atoms. The van der Waals surface area contributed by atoms with Crippen molar-refractivity contribution >= 4 is 33.7 Å². The largest absolute Gasteiger partial charge is 0.467 e. The van der Waals surface area contributed by atoms with E-state index in [4.69, 9.17) is 4.74 Å². The Morgan fingerprint density at radius 1 is 1.30 bits per heavy atom. The van der Waals surface area contributed by atoms with Gasteiger partial charge in [-0.05, 0) is 59.2 Å². The predicted octanol–water partition coefficient (Wildman–Crippen LogP) is 3.81. The highest BCUT2D eigenvalue weighted by molar-refractivity contribution is 9.12. The molecule has 6 heteroatoms. The van der Waals surface area contributed by atoms with Gasteiger partial charge in [-0.25, -0.2) is 4.79 Å². The molecule has 23 heavy (non-hydrogen) atoms. The molecule has 0 aromatic carbocycles. The van der Waals surface area contributed by atoms with E-state index in [1.165, 1.54) is 43.4 Å². The minimum absolute atomic E-state index is 0.191. The molecule has 4 nitrogen and oxygen atoms in total. The lowest BCUT2D eigenvalue weighted by Gasteiger charge is -2.40. The highest BCUT2D eigenvalue weighted by Gasteiger charge is 2.46. The fourth-order valence-corrected chi connectivity index (χ4v) is 6.16. The number of carbonyl (C=O) groups excluding carboxylic acids is 1. The third kappa shape index (κ3) is 4.07. The van der Waals surface area contributed by atoms with Crippen LogP contribution in [0.2, 0.25) is 0 Å². The topological polar surface area (TPSA) is 32.8 Å². The van der Waals surface area contributed by atoms with Crippen LogP contribution in [0.25, 0.3) is 0 Å². The van der Waals surface area contributed by atoms with Crippen LogP contribution in [-0.4, -0.2) is 59.3 Å². The molecule has 1 heterocycles. The molecule has 0 amide bonds. The van der Waals surface area contributed by atoms with Gasteiger partial charge >= 0.3 is 5.97 Å². The monoisotopic (exact) mass is 404 g/mol. The lowest BCUT2D eigenvalue weighted by atomic mass is 9.89. The Morgan fingerprint density at radius 3 is 2.35 bits per heavy atom. The summed E-state index contributed by atoms with van der Waals surface area (Å²) in [6.45, 7) is 5.34. The molecule has 1 aliphatic heterocycles. The van der Waals surface area contributed by atoms with Crippen LogP contribution in [0, 0.1) is 0 Å². The summed E-state index contributed by atoms with van der Waals surface area (Å²) in [6.07, 6.45) is 5.66. The zero-order valence-electron chi connectivity index (χ0n) is 14.9. The van der Waals surface area contributed by atoms with E-state index < -0.39 is 3.66 Å². The third-order valence-corrected chi connectivity index (χ3v) is 7.55. The number of carbonyl (C=O) groups is 1. The first-order chi connectivity index (χ1) is 10.8. The van der Waals surface area contributed by atoms with Crippen LogP contribution in [-0.2, 0) is 9.53 Å². The van der Waals surface area contributed by atoms with E-state index in [9.17, 15) is 4.79 Å². The number of nitrogens with zero attached hydrogens (tertiary/aromatic N) is 2. The summed E-state index contributed by atoms with van der Waals surface area (Å²) < 4.78 is 4.33. The molecule has 0 saturated heterocycles. The number of allylic oxidation sites excluding steroid dienone is 1. The van der Waals surface area contributed by atoms with Gasteiger partial charge in [0.05, 0.1) is 12.1 Å². The molecule has 1 unspecified atom stereocenters. The maximum atomic E-state index is 12.1. The second-order valence-corrected chi connectivity index (χ2v) is 9.96. The average Bonchev–Trinajstić information content (AvgIpc) is 2.84. The summed E-state index contributed by atoms with van der Waals surface area (Å²) in [4.78, 5) is 17.0. The predicted molar refractivity (Wildman–Crippen MR) is 101 cm³/mol. The number of thioether (sulfide) groups is 1. The number of hydrogen-bond donors (Lipinski definition) is 0. The highest BCUT2D eigenvalue weighted by Crippen LogP contribution is 2.52. The zero-order valence-corrected chi connectivity index (χ0v) is 17.3. The molecule has 2 rings (SSSR count). The summed E-state index contributed by atoms with van der Waals surface area (Å²) in [5.41, 5.74) is 1.29. The molecule has 0 N–H and O–H groups in total. The van der Waals surface area contributed by atoms with Crippen molar-refractivity contribution in [1.82, 2.24) is 9.80 Å². The number of hydrogen-bond acceptors (Lipinski definition) is 5. The van der Waals surface area contributed by atoms with Crippen molar-refractivity contribution in [2.45, 2.75) is 61.7 Å². The molecule has 1 saturated carbocycles. The van der Waals surface area contributed by atoms with Gasteiger partial charge in [0, 0.05) is 25.0 Å². The maximum Gasteiger partial charge on any atom is 0.333 e. The van der Waals surface area contributed by atoms with Gasteiger partial charge in [0.25, 0.3) is 0 Å². The number of esters is 1. The molecule has 1 atom stereocenters. The maximum absolute atomic E-state index is 12.1. The third-order valence-electron chi connectivity index (χ3n) is 5.05. The Kier molecular flexibility index (Phi) is 6.48. The van der Waals surface area contributed by atoms with E-state index in [-0.39, 0.29) is 5.97 Å². The average molecular weight is 405 g/mol. The molecular weight excluding hydrogens is 376 g/mol. The molecule has 1 fully saturated rings. The molecule has 1 aliphatic carbocycles. The molecule has 2 aliphatic rings. The normalized spacial score (nSPS) is 31.6. The number of rotatable bonds is 5. The van der Waals surface area contributed by atoms with E-state index in [2.05, 4.69) is 53.7 Å². The highest BCUT2D eigenvalue weighted by atomic mass is 79.9. The van der Waals surface area contributed by atoms with Crippen LogP contribution in [0.4, 0.5) is 0 Å². The number of halogens is 1. The minimum atomic E-state index is -0.643. The van der Waals surface area contributed by atoms with E-state index in [0.29, 0.717) is 18.5 Å². The molecule has 0 radical (unpaired) electrons.